The third-order valence-electron chi connectivity index (χ3n) is 4.77. The van der Waals surface area contributed by atoms with Gasteiger partial charge in [0.1, 0.15) is 16.4 Å². The van der Waals surface area contributed by atoms with Crippen LogP contribution in [-0.2, 0) is 13.0 Å². The molecule has 0 amide bonds. The molecule has 0 aliphatic carbocycles. The van der Waals surface area contributed by atoms with Crippen LogP contribution in [0.5, 0.6) is 5.75 Å². The smallest absolute Gasteiger partial charge is 0.259 e. The van der Waals surface area contributed by atoms with E-state index in [2.05, 4.69) is 36.1 Å². The molecule has 27 heavy (non-hydrogen) atoms. The number of ether oxygens (including phenoxy) is 1. The first-order chi connectivity index (χ1) is 12.9. The molecule has 0 bridgehead atoms. The predicted molar refractivity (Wildman–Crippen MR) is 113 cm³/mol. The van der Waals surface area contributed by atoms with Crippen molar-refractivity contribution in [1.82, 2.24) is 9.97 Å². The predicted octanol–water partition coefficient (Wildman–Crippen LogP) is 5.16. The molecule has 0 saturated heterocycles. The van der Waals surface area contributed by atoms with Gasteiger partial charge in [-0.25, -0.2) is 4.98 Å². The van der Waals surface area contributed by atoms with Crippen molar-refractivity contribution in [1.29, 1.82) is 0 Å². The molecule has 5 nitrogen and oxygen atoms in total. The number of aryl methyl sites for hydroxylation is 1. The number of fused-ring (bicyclic) bond motifs is 1. The number of aromatic nitrogens is 2. The normalized spacial score (nSPS) is 12.3. The summed E-state index contributed by atoms with van der Waals surface area (Å²) in [4.78, 5) is 22.3. The van der Waals surface area contributed by atoms with Gasteiger partial charge in [0.05, 0.1) is 24.1 Å². The Hall–Kier alpha value is -2.05. The van der Waals surface area contributed by atoms with Gasteiger partial charge in [-0.2, -0.15) is 0 Å². The summed E-state index contributed by atoms with van der Waals surface area (Å²) in [7, 11) is 1.58. The van der Waals surface area contributed by atoms with Crippen molar-refractivity contribution in [3.8, 4) is 5.75 Å². The van der Waals surface area contributed by atoms with Crippen LogP contribution in [-0.4, -0.2) is 17.1 Å². The second-order valence-corrected chi connectivity index (χ2v) is 8.36. The van der Waals surface area contributed by atoms with Gasteiger partial charge in [-0.15, -0.1) is 11.3 Å². The highest BCUT2D eigenvalue weighted by atomic mass is 35.5. The van der Waals surface area contributed by atoms with Gasteiger partial charge in [0.25, 0.3) is 5.56 Å². The lowest BCUT2D eigenvalue weighted by Gasteiger charge is -2.09. The molecule has 0 saturated carbocycles. The summed E-state index contributed by atoms with van der Waals surface area (Å²) in [6.45, 7) is 6.86. The molecule has 0 radical (unpaired) electrons. The summed E-state index contributed by atoms with van der Waals surface area (Å²) in [5.41, 5.74) is 1.91. The Morgan fingerprint density at radius 1 is 1.41 bits per heavy atom. The number of hydrogen-bond donors (Lipinski definition) is 2. The Balaban J connectivity index is 1.84. The zero-order valence-electron chi connectivity index (χ0n) is 16.0. The maximum absolute atomic E-state index is 12.7. The minimum Gasteiger partial charge on any atom is -0.495 e. The second-order valence-electron chi connectivity index (χ2n) is 6.75. The van der Waals surface area contributed by atoms with Crippen LogP contribution < -0.4 is 15.6 Å². The van der Waals surface area contributed by atoms with E-state index in [0.29, 0.717) is 29.1 Å². The fourth-order valence-electron chi connectivity index (χ4n) is 3.00. The summed E-state index contributed by atoms with van der Waals surface area (Å²) in [6.07, 6.45) is 2.00. The van der Waals surface area contributed by atoms with Gasteiger partial charge in [0, 0.05) is 10.6 Å². The molecule has 0 spiro atoms. The van der Waals surface area contributed by atoms with Crippen LogP contribution in [0.4, 0.5) is 5.69 Å². The van der Waals surface area contributed by atoms with E-state index in [1.807, 2.05) is 6.07 Å². The van der Waals surface area contributed by atoms with E-state index in [0.717, 1.165) is 34.3 Å². The average molecular weight is 406 g/mol. The largest absolute Gasteiger partial charge is 0.495 e. The maximum Gasteiger partial charge on any atom is 0.259 e. The molecule has 0 aliphatic heterocycles. The van der Waals surface area contributed by atoms with E-state index in [-0.39, 0.29) is 5.56 Å². The average Bonchev–Trinajstić information content (AvgIpc) is 2.95. The fourth-order valence-corrected chi connectivity index (χ4v) is 4.33. The van der Waals surface area contributed by atoms with E-state index in [1.165, 1.54) is 4.88 Å². The van der Waals surface area contributed by atoms with Crippen molar-refractivity contribution in [2.75, 3.05) is 12.4 Å². The van der Waals surface area contributed by atoms with Gasteiger partial charge < -0.3 is 15.0 Å². The Bertz CT molecular complexity index is 1010. The third kappa shape index (κ3) is 4.28. The molecule has 2 aromatic heterocycles. The number of thiophene rings is 1. The number of H-pyrrole nitrogens is 1. The number of benzene rings is 1. The van der Waals surface area contributed by atoms with Gasteiger partial charge in [-0.3, -0.25) is 4.79 Å². The number of rotatable bonds is 7. The van der Waals surface area contributed by atoms with Crippen molar-refractivity contribution in [2.45, 2.75) is 40.2 Å². The van der Waals surface area contributed by atoms with Crippen LogP contribution >= 0.6 is 22.9 Å². The van der Waals surface area contributed by atoms with Crippen molar-refractivity contribution in [3.63, 3.8) is 0 Å². The molecule has 0 aliphatic rings. The van der Waals surface area contributed by atoms with Gasteiger partial charge in [0.2, 0.25) is 0 Å². The topological polar surface area (TPSA) is 67.0 Å². The highest BCUT2D eigenvalue weighted by molar-refractivity contribution is 7.18. The van der Waals surface area contributed by atoms with Crippen LogP contribution in [0.2, 0.25) is 5.02 Å². The molecular formula is C20H24ClN3O2S. The zero-order valence-corrected chi connectivity index (χ0v) is 17.6. The summed E-state index contributed by atoms with van der Waals surface area (Å²) in [5.74, 6) is 1.77. The van der Waals surface area contributed by atoms with Crippen molar-refractivity contribution in [2.24, 2.45) is 5.92 Å². The van der Waals surface area contributed by atoms with Crippen LogP contribution in [0.15, 0.2) is 23.0 Å². The second kappa shape index (κ2) is 8.31. The minimum atomic E-state index is -0.0628. The molecule has 0 fully saturated rings. The van der Waals surface area contributed by atoms with Crippen molar-refractivity contribution in [3.05, 3.63) is 49.8 Å². The molecule has 7 heteroatoms. The molecule has 3 rings (SSSR count). The van der Waals surface area contributed by atoms with E-state index >= 15 is 0 Å². The Kier molecular flexibility index (Phi) is 6.07. The quantitative estimate of drug-likeness (QED) is 0.570. The Morgan fingerprint density at radius 3 is 2.85 bits per heavy atom. The third-order valence-corrected chi connectivity index (χ3v) is 6.11. The molecule has 3 aromatic rings. The summed E-state index contributed by atoms with van der Waals surface area (Å²) in [6, 6.07) is 5.46. The van der Waals surface area contributed by atoms with Crippen molar-refractivity contribution < 1.29 is 4.74 Å². The number of aromatic amines is 1. The first-order valence-corrected chi connectivity index (χ1v) is 10.2. The molecular weight excluding hydrogens is 382 g/mol. The summed E-state index contributed by atoms with van der Waals surface area (Å²) >= 11 is 7.74. The van der Waals surface area contributed by atoms with Crippen LogP contribution in [0.3, 0.4) is 0 Å². The lowest BCUT2D eigenvalue weighted by Crippen LogP contribution is -2.15. The van der Waals surface area contributed by atoms with E-state index in [1.54, 1.807) is 30.6 Å². The molecule has 144 valence electrons. The van der Waals surface area contributed by atoms with Gasteiger partial charge in [-0.1, -0.05) is 31.9 Å². The lowest BCUT2D eigenvalue weighted by atomic mass is 9.98. The number of hydrogen-bond acceptors (Lipinski definition) is 5. The highest BCUT2D eigenvalue weighted by Gasteiger charge is 2.16. The van der Waals surface area contributed by atoms with Crippen molar-refractivity contribution >= 4 is 38.8 Å². The Morgan fingerprint density at radius 2 is 2.19 bits per heavy atom. The maximum atomic E-state index is 12.7. The zero-order chi connectivity index (χ0) is 19.6. The van der Waals surface area contributed by atoms with Gasteiger partial charge in [0.15, 0.2) is 0 Å². The van der Waals surface area contributed by atoms with E-state index in [9.17, 15) is 4.79 Å². The minimum absolute atomic E-state index is 0.0628. The first-order valence-electron chi connectivity index (χ1n) is 9.01. The number of nitrogens with zero attached hydrogens (tertiary/aromatic N) is 1. The summed E-state index contributed by atoms with van der Waals surface area (Å²) < 4.78 is 5.16. The van der Waals surface area contributed by atoms with Crippen LogP contribution in [0, 0.1) is 12.8 Å². The molecule has 2 N–H and O–H groups in total. The van der Waals surface area contributed by atoms with E-state index in [4.69, 9.17) is 16.3 Å². The molecule has 2 heterocycles. The van der Waals surface area contributed by atoms with Gasteiger partial charge in [-0.05, 0) is 43.0 Å². The first kappa shape index (κ1) is 19.7. The molecule has 1 aromatic carbocycles. The Labute approximate surface area is 167 Å². The number of anilines is 1. The van der Waals surface area contributed by atoms with Crippen LogP contribution in [0.1, 0.15) is 36.5 Å². The monoisotopic (exact) mass is 405 g/mol. The highest BCUT2D eigenvalue weighted by Crippen LogP contribution is 2.30. The number of halogens is 1. The van der Waals surface area contributed by atoms with E-state index < -0.39 is 0 Å². The lowest BCUT2D eigenvalue weighted by molar-refractivity contribution is 0.415. The summed E-state index contributed by atoms with van der Waals surface area (Å²) in [5, 5.41) is 4.51. The number of methoxy groups -OCH3 is 1. The SMILES string of the molecule is CC[C@H](C)Cc1c(C)sc2nc(CNc3ccc(OC)c(Cl)c3)[nH]c(=O)c12. The van der Waals surface area contributed by atoms with Gasteiger partial charge >= 0.3 is 0 Å². The standard InChI is InChI=1S/C20H24ClN3O2S/c1-5-11(2)8-14-12(3)27-20-18(14)19(25)23-17(24-20)10-22-13-6-7-16(26-4)15(21)9-13/h6-7,9,11,22H,5,8,10H2,1-4H3,(H,23,24,25)/t11-/m0/s1. The van der Waals surface area contributed by atoms with Crippen LogP contribution in [0.25, 0.3) is 10.2 Å². The molecule has 1 atom stereocenters. The molecule has 0 unspecified atom stereocenters. The fraction of sp³-hybridized carbons (Fsp3) is 0.400. The number of nitrogens with one attached hydrogen (secondary N) is 2.